The molecule has 0 radical (unpaired) electrons. The van der Waals surface area contributed by atoms with Crippen LogP contribution in [0.3, 0.4) is 0 Å². The Bertz CT molecular complexity index is 1180. The zero-order valence-corrected chi connectivity index (χ0v) is 14.8. The van der Waals surface area contributed by atoms with Gasteiger partial charge in [0.15, 0.2) is 5.76 Å². The molecule has 26 heavy (non-hydrogen) atoms. The first kappa shape index (κ1) is 16.9. The van der Waals surface area contributed by atoms with Gasteiger partial charge in [-0.05, 0) is 29.3 Å². The van der Waals surface area contributed by atoms with Crippen LogP contribution < -0.4 is 5.43 Å². The van der Waals surface area contributed by atoms with Crippen molar-refractivity contribution in [1.82, 2.24) is 0 Å². The first-order valence-corrected chi connectivity index (χ1v) is 8.53. The molecule has 1 heterocycles. The van der Waals surface area contributed by atoms with Crippen LogP contribution >= 0.6 is 23.2 Å². The first-order valence-electron chi connectivity index (χ1n) is 7.78. The van der Waals surface area contributed by atoms with Gasteiger partial charge in [0.2, 0.25) is 5.43 Å². The molecule has 0 saturated carbocycles. The van der Waals surface area contributed by atoms with E-state index in [1.807, 2.05) is 24.3 Å². The van der Waals surface area contributed by atoms with E-state index in [1.54, 1.807) is 12.1 Å². The third kappa shape index (κ3) is 2.54. The molecule has 2 aromatic carbocycles. The van der Waals surface area contributed by atoms with Crippen LogP contribution in [0, 0.1) is 0 Å². The second-order valence-electron chi connectivity index (χ2n) is 5.85. The number of phenols is 1. The Morgan fingerprint density at radius 3 is 2.54 bits per heavy atom. The number of rotatable bonds is 2. The predicted molar refractivity (Wildman–Crippen MR) is 102 cm³/mol. The SMILES string of the molecule is O=c1c(Cl)cc2c(-c3ccccc3CO)c3ccc(O)cc3oc-2c1Cl. The maximum atomic E-state index is 12.1. The van der Waals surface area contributed by atoms with E-state index in [4.69, 9.17) is 27.6 Å². The molecule has 0 aromatic heterocycles. The lowest BCUT2D eigenvalue weighted by molar-refractivity contribution is 0.282. The van der Waals surface area contributed by atoms with Gasteiger partial charge in [0, 0.05) is 22.6 Å². The smallest absolute Gasteiger partial charge is 0.219 e. The molecule has 2 N–H and O–H groups in total. The zero-order valence-electron chi connectivity index (χ0n) is 13.3. The van der Waals surface area contributed by atoms with E-state index in [0.717, 1.165) is 11.1 Å². The van der Waals surface area contributed by atoms with Crippen LogP contribution in [0.15, 0.2) is 57.7 Å². The number of hydrogen-bond acceptors (Lipinski definition) is 4. The van der Waals surface area contributed by atoms with E-state index in [0.29, 0.717) is 22.1 Å². The van der Waals surface area contributed by atoms with Gasteiger partial charge in [-0.2, -0.15) is 0 Å². The van der Waals surface area contributed by atoms with Crippen molar-refractivity contribution in [2.45, 2.75) is 6.61 Å². The number of hydrogen-bond donors (Lipinski definition) is 2. The van der Waals surface area contributed by atoms with Crippen molar-refractivity contribution in [3.05, 3.63) is 74.4 Å². The molecule has 0 fully saturated rings. The van der Waals surface area contributed by atoms with E-state index >= 15 is 0 Å². The molecule has 1 aliphatic heterocycles. The largest absolute Gasteiger partial charge is 0.508 e. The predicted octanol–water partition coefficient (Wildman–Crippen LogP) is 5.07. The highest BCUT2D eigenvalue weighted by molar-refractivity contribution is 6.37. The van der Waals surface area contributed by atoms with Crippen LogP contribution in [0.25, 0.3) is 33.4 Å². The molecule has 0 saturated heterocycles. The summed E-state index contributed by atoms with van der Waals surface area (Å²) >= 11 is 12.3. The van der Waals surface area contributed by atoms with Crippen LogP contribution in [-0.2, 0) is 6.61 Å². The molecule has 4 nitrogen and oxygen atoms in total. The summed E-state index contributed by atoms with van der Waals surface area (Å²) in [5, 5.41) is 20.1. The number of aromatic hydroxyl groups is 1. The minimum absolute atomic E-state index is 0.0152. The lowest BCUT2D eigenvalue weighted by Gasteiger charge is -2.18. The Kier molecular flexibility index (Phi) is 4.11. The summed E-state index contributed by atoms with van der Waals surface area (Å²) in [6.45, 7) is -0.162. The maximum absolute atomic E-state index is 12.1. The number of aliphatic hydroxyl groups is 1. The average Bonchev–Trinajstić information content (AvgIpc) is 2.65. The minimum atomic E-state index is -0.523. The summed E-state index contributed by atoms with van der Waals surface area (Å²) in [6, 6.07) is 13.6. The number of fused-ring (bicyclic) bond motifs is 2. The third-order valence-corrected chi connectivity index (χ3v) is 4.93. The quantitative estimate of drug-likeness (QED) is 0.471. The van der Waals surface area contributed by atoms with Crippen molar-refractivity contribution in [3.8, 4) is 28.2 Å². The van der Waals surface area contributed by atoms with Gasteiger partial charge in [-0.3, -0.25) is 4.79 Å². The normalized spacial score (nSPS) is 11.3. The Labute approximate surface area is 158 Å². The van der Waals surface area contributed by atoms with Gasteiger partial charge in [-0.15, -0.1) is 0 Å². The zero-order chi connectivity index (χ0) is 18.4. The monoisotopic (exact) mass is 386 g/mol. The molecule has 0 bridgehead atoms. The van der Waals surface area contributed by atoms with Crippen LogP contribution in [-0.4, -0.2) is 10.2 Å². The van der Waals surface area contributed by atoms with E-state index in [9.17, 15) is 15.0 Å². The number of benzene rings is 3. The number of halogens is 2. The van der Waals surface area contributed by atoms with Crippen molar-refractivity contribution in [2.75, 3.05) is 0 Å². The summed E-state index contributed by atoms with van der Waals surface area (Å²) in [5.41, 5.74) is 2.58. The molecule has 0 unspecified atom stereocenters. The average molecular weight is 387 g/mol. The van der Waals surface area contributed by atoms with Crippen LogP contribution in [0.1, 0.15) is 5.56 Å². The standard InChI is InChI=1S/C20H12Cl2O4/c21-15-8-14-17(12-4-2-1-3-10(12)9-23)13-6-5-11(24)7-16(13)26-20(14)18(22)19(15)25/h1-8,23-24H,9H2. The Balaban J connectivity index is 2.26. The maximum Gasteiger partial charge on any atom is 0.219 e. The third-order valence-electron chi connectivity index (χ3n) is 4.30. The highest BCUT2D eigenvalue weighted by atomic mass is 35.5. The van der Waals surface area contributed by atoms with Crippen molar-refractivity contribution >= 4 is 34.2 Å². The number of phenolic OH excluding ortho intramolecular Hbond substituents is 1. The molecule has 1 aliphatic carbocycles. The Hall–Kier alpha value is -2.53. The summed E-state index contributed by atoms with van der Waals surface area (Å²) in [6.07, 6.45) is 0. The van der Waals surface area contributed by atoms with E-state index in [2.05, 4.69) is 0 Å². The van der Waals surface area contributed by atoms with Crippen LogP contribution in [0.4, 0.5) is 0 Å². The van der Waals surface area contributed by atoms with E-state index in [-0.39, 0.29) is 28.2 Å². The van der Waals surface area contributed by atoms with Crippen LogP contribution in [0.2, 0.25) is 10.0 Å². The van der Waals surface area contributed by atoms with Crippen molar-refractivity contribution in [1.29, 1.82) is 0 Å². The van der Waals surface area contributed by atoms with Crippen molar-refractivity contribution in [2.24, 2.45) is 0 Å². The molecule has 4 rings (SSSR count). The van der Waals surface area contributed by atoms with Gasteiger partial charge in [0.25, 0.3) is 0 Å². The van der Waals surface area contributed by atoms with Gasteiger partial charge in [0.1, 0.15) is 16.4 Å². The van der Waals surface area contributed by atoms with Gasteiger partial charge >= 0.3 is 0 Å². The second-order valence-corrected chi connectivity index (χ2v) is 6.64. The summed E-state index contributed by atoms with van der Waals surface area (Å²) in [4.78, 5) is 12.1. The van der Waals surface area contributed by atoms with E-state index in [1.165, 1.54) is 12.1 Å². The van der Waals surface area contributed by atoms with Gasteiger partial charge in [-0.25, -0.2) is 0 Å². The Morgan fingerprint density at radius 1 is 1.00 bits per heavy atom. The fourth-order valence-electron chi connectivity index (χ4n) is 3.12. The van der Waals surface area contributed by atoms with Gasteiger partial charge in [0.05, 0.1) is 11.6 Å². The Morgan fingerprint density at radius 2 is 1.77 bits per heavy atom. The van der Waals surface area contributed by atoms with E-state index < -0.39 is 5.43 Å². The molecule has 2 aliphatic rings. The molecule has 6 heteroatoms. The molecule has 0 amide bonds. The highest BCUT2D eigenvalue weighted by Crippen LogP contribution is 2.44. The van der Waals surface area contributed by atoms with Gasteiger partial charge in [-0.1, -0.05) is 47.5 Å². The number of aliphatic hydroxyl groups excluding tert-OH is 1. The molecule has 2 aromatic rings. The summed E-state index contributed by atoms with van der Waals surface area (Å²) in [5.74, 6) is 0.205. The summed E-state index contributed by atoms with van der Waals surface area (Å²) in [7, 11) is 0. The first-order chi connectivity index (χ1) is 12.5. The molecule has 130 valence electrons. The fraction of sp³-hybridized carbons (Fsp3) is 0.0500. The van der Waals surface area contributed by atoms with Crippen LogP contribution in [0.5, 0.6) is 5.75 Å². The second kappa shape index (κ2) is 6.32. The van der Waals surface area contributed by atoms with Crippen molar-refractivity contribution < 1.29 is 14.6 Å². The van der Waals surface area contributed by atoms with Gasteiger partial charge < -0.3 is 14.6 Å². The lowest BCUT2D eigenvalue weighted by Crippen LogP contribution is -2.06. The molecule has 0 atom stereocenters. The lowest BCUT2D eigenvalue weighted by atomic mass is 9.91. The molecule has 0 spiro atoms. The minimum Gasteiger partial charge on any atom is -0.508 e. The highest BCUT2D eigenvalue weighted by Gasteiger charge is 2.24. The molecular formula is C20H12Cl2O4. The topological polar surface area (TPSA) is 70.7 Å². The van der Waals surface area contributed by atoms with Crippen molar-refractivity contribution in [3.63, 3.8) is 0 Å². The summed E-state index contributed by atoms with van der Waals surface area (Å²) < 4.78 is 5.82. The molecular weight excluding hydrogens is 375 g/mol. The fourth-order valence-corrected chi connectivity index (χ4v) is 3.61.